The largest absolute Gasteiger partial charge is 0.469 e. The molecule has 26 heavy (non-hydrogen) atoms. The molecule has 0 bridgehead atoms. The zero-order chi connectivity index (χ0) is 17.5. The molecule has 7 heteroatoms. The molecule has 0 saturated carbocycles. The minimum absolute atomic E-state index is 0. The lowest BCUT2D eigenvalue weighted by Gasteiger charge is -2.19. The van der Waals surface area contributed by atoms with Gasteiger partial charge in [0.15, 0.2) is 5.96 Å². The highest BCUT2D eigenvalue weighted by Crippen LogP contribution is 2.24. The third-order valence-corrected chi connectivity index (χ3v) is 5.03. The minimum atomic E-state index is 0. The van der Waals surface area contributed by atoms with Crippen LogP contribution < -0.4 is 15.5 Å². The zero-order valence-electron chi connectivity index (χ0n) is 15.0. The summed E-state index contributed by atoms with van der Waals surface area (Å²) < 4.78 is 6.47. The first kappa shape index (κ1) is 21.1. The zero-order valence-corrected chi connectivity index (χ0v) is 18.9. The second kappa shape index (κ2) is 10.8. The fraction of sp³-hybridized carbons (Fsp3) is 0.421. The molecule has 1 unspecified atom stereocenters. The van der Waals surface area contributed by atoms with Crippen molar-refractivity contribution in [1.82, 2.24) is 10.6 Å². The van der Waals surface area contributed by atoms with Gasteiger partial charge in [-0.25, -0.2) is 0 Å². The molecular formula is C19H26BrIN4O. The summed E-state index contributed by atoms with van der Waals surface area (Å²) >= 11 is 3.49. The summed E-state index contributed by atoms with van der Waals surface area (Å²) in [6.07, 6.45) is 3.76. The Morgan fingerprint density at radius 2 is 2.08 bits per heavy atom. The van der Waals surface area contributed by atoms with Crippen molar-refractivity contribution in [1.29, 1.82) is 0 Å². The SMILES string of the molecule is CN=C(NCCc1ccco1)NCC1CCN(c2ccc(Br)cc2)C1.I. The summed E-state index contributed by atoms with van der Waals surface area (Å²) in [4.78, 5) is 6.75. The molecule has 0 spiro atoms. The highest BCUT2D eigenvalue weighted by atomic mass is 127. The lowest BCUT2D eigenvalue weighted by molar-refractivity contribution is 0.506. The number of nitrogens with zero attached hydrogens (tertiary/aromatic N) is 2. The van der Waals surface area contributed by atoms with E-state index < -0.39 is 0 Å². The molecule has 1 aromatic carbocycles. The summed E-state index contributed by atoms with van der Waals surface area (Å²) in [6.45, 7) is 3.94. The van der Waals surface area contributed by atoms with Crippen molar-refractivity contribution in [3.8, 4) is 0 Å². The number of hydrogen-bond acceptors (Lipinski definition) is 3. The highest BCUT2D eigenvalue weighted by molar-refractivity contribution is 14.0. The van der Waals surface area contributed by atoms with Gasteiger partial charge in [-0.05, 0) is 48.7 Å². The number of furan rings is 1. The number of nitrogens with one attached hydrogen (secondary N) is 2. The van der Waals surface area contributed by atoms with Gasteiger partial charge < -0.3 is 20.0 Å². The maximum absolute atomic E-state index is 5.34. The Balaban J connectivity index is 0.00000243. The molecule has 3 rings (SSSR count). The summed E-state index contributed by atoms with van der Waals surface area (Å²) in [5, 5.41) is 6.79. The third-order valence-electron chi connectivity index (χ3n) is 4.50. The van der Waals surface area contributed by atoms with E-state index in [2.05, 4.69) is 60.7 Å². The van der Waals surface area contributed by atoms with Crippen LogP contribution in [0.2, 0.25) is 0 Å². The normalized spacial score (nSPS) is 17.1. The Hall–Kier alpha value is -1.22. The van der Waals surface area contributed by atoms with Crippen LogP contribution in [-0.2, 0) is 6.42 Å². The average molecular weight is 533 g/mol. The van der Waals surface area contributed by atoms with Gasteiger partial charge in [0.05, 0.1) is 6.26 Å². The van der Waals surface area contributed by atoms with E-state index in [4.69, 9.17) is 4.42 Å². The number of hydrogen-bond donors (Lipinski definition) is 2. The van der Waals surface area contributed by atoms with E-state index in [1.807, 2.05) is 19.2 Å². The predicted octanol–water partition coefficient (Wildman–Crippen LogP) is 3.89. The van der Waals surface area contributed by atoms with E-state index in [0.29, 0.717) is 5.92 Å². The van der Waals surface area contributed by atoms with Crippen molar-refractivity contribution in [3.63, 3.8) is 0 Å². The Morgan fingerprint density at radius 3 is 2.77 bits per heavy atom. The molecule has 2 N–H and O–H groups in total. The quantitative estimate of drug-likeness (QED) is 0.336. The van der Waals surface area contributed by atoms with Gasteiger partial charge in [0.25, 0.3) is 0 Å². The number of benzene rings is 1. The number of anilines is 1. The van der Waals surface area contributed by atoms with E-state index in [9.17, 15) is 0 Å². The Bertz CT molecular complexity index is 675. The van der Waals surface area contributed by atoms with Gasteiger partial charge in [0.2, 0.25) is 0 Å². The van der Waals surface area contributed by atoms with Crippen LogP contribution in [0.15, 0.2) is 56.5 Å². The maximum atomic E-state index is 5.34. The number of aliphatic imine (C=N–C) groups is 1. The summed E-state index contributed by atoms with van der Waals surface area (Å²) in [5.41, 5.74) is 1.30. The molecule has 1 atom stereocenters. The van der Waals surface area contributed by atoms with Crippen molar-refractivity contribution < 1.29 is 4.42 Å². The third kappa shape index (κ3) is 6.19. The molecule has 0 aliphatic carbocycles. The molecule has 0 radical (unpaired) electrons. The predicted molar refractivity (Wildman–Crippen MR) is 122 cm³/mol. The Kier molecular flexibility index (Phi) is 8.77. The fourth-order valence-corrected chi connectivity index (χ4v) is 3.37. The van der Waals surface area contributed by atoms with Crippen LogP contribution in [0.4, 0.5) is 5.69 Å². The first-order chi connectivity index (χ1) is 12.2. The molecule has 1 saturated heterocycles. The van der Waals surface area contributed by atoms with E-state index in [1.54, 1.807) is 6.26 Å². The monoisotopic (exact) mass is 532 g/mol. The lowest BCUT2D eigenvalue weighted by Crippen LogP contribution is -2.41. The molecule has 142 valence electrons. The molecule has 0 amide bonds. The van der Waals surface area contributed by atoms with Gasteiger partial charge >= 0.3 is 0 Å². The summed E-state index contributed by atoms with van der Waals surface area (Å²) in [7, 11) is 1.81. The highest BCUT2D eigenvalue weighted by Gasteiger charge is 2.22. The second-order valence-electron chi connectivity index (χ2n) is 6.29. The first-order valence-corrected chi connectivity index (χ1v) is 9.51. The molecule has 1 aliphatic heterocycles. The van der Waals surface area contributed by atoms with Crippen molar-refractivity contribution in [2.24, 2.45) is 10.9 Å². The van der Waals surface area contributed by atoms with E-state index in [0.717, 1.165) is 48.8 Å². The van der Waals surface area contributed by atoms with Crippen LogP contribution in [0.1, 0.15) is 12.2 Å². The van der Waals surface area contributed by atoms with E-state index >= 15 is 0 Å². The summed E-state index contributed by atoms with van der Waals surface area (Å²) in [5.74, 6) is 2.48. The smallest absolute Gasteiger partial charge is 0.191 e. The topological polar surface area (TPSA) is 52.8 Å². The van der Waals surface area contributed by atoms with Crippen LogP contribution in [-0.4, -0.2) is 39.2 Å². The maximum Gasteiger partial charge on any atom is 0.191 e. The second-order valence-corrected chi connectivity index (χ2v) is 7.20. The number of rotatable bonds is 6. The van der Waals surface area contributed by atoms with Crippen LogP contribution in [0, 0.1) is 5.92 Å². The number of guanidine groups is 1. The van der Waals surface area contributed by atoms with Crippen molar-refractivity contribution in [2.75, 3.05) is 38.1 Å². The van der Waals surface area contributed by atoms with Crippen molar-refractivity contribution >= 4 is 51.6 Å². The fourth-order valence-electron chi connectivity index (χ4n) is 3.11. The average Bonchev–Trinajstić information content (AvgIpc) is 3.30. The van der Waals surface area contributed by atoms with Crippen LogP contribution >= 0.6 is 39.9 Å². The Morgan fingerprint density at radius 1 is 1.27 bits per heavy atom. The van der Waals surface area contributed by atoms with Crippen LogP contribution in [0.25, 0.3) is 0 Å². The van der Waals surface area contributed by atoms with Crippen molar-refractivity contribution in [2.45, 2.75) is 12.8 Å². The first-order valence-electron chi connectivity index (χ1n) is 8.72. The van der Waals surface area contributed by atoms with Crippen LogP contribution in [0.5, 0.6) is 0 Å². The van der Waals surface area contributed by atoms with E-state index in [-0.39, 0.29) is 24.0 Å². The van der Waals surface area contributed by atoms with Gasteiger partial charge in [-0.2, -0.15) is 0 Å². The van der Waals surface area contributed by atoms with Gasteiger partial charge in [-0.3, -0.25) is 4.99 Å². The summed E-state index contributed by atoms with van der Waals surface area (Å²) in [6, 6.07) is 12.5. The van der Waals surface area contributed by atoms with Gasteiger partial charge in [-0.15, -0.1) is 24.0 Å². The van der Waals surface area contributed by atoms with Crippen LogP contribution in [0.3, 0.4) is 0 Å². The van der Waals surface area contributed by atoms with Gasteiger partial charge in [0, 0.05) is 49.8 Å². The molecule has 2 aromatic rings. The molecule has 5 nitrogen and oxygen atoms in total. The number of halogens is 2. The molecule has 1 aromatic heterocycles. The molecule has 2 heterocycles. The van der Waals surface area contributed by atoms with Gasteiger partial charge in [0.1, 0.15) is 5.76 Å². The Labute approximate surface area is 180 Å². The molecular weight excluding hydrogens is 507 g/mol. The molecule has 1 aliphatic rings. The van der Waals surface area contributed by atoms with Gasteiger partial charge in [-0.1, -0.05) is 15.9 Å². The minimum Gasteiger partial charge on any atom is -0.469 e. The van der Waals surface area contributed by atoms with E-state index in [1.165, 1.54) is 12.1 Å². The lowest BCUT2D eigenvalue weighted by atomic mass is 10.1. The molecule has 1 fully saturated rings. The van der Waals surface area contributed by atoms with Crippen molar-refractivity contribution in [3.05, 3.63) is 52.9 Å². The standard InChI is InChI=1S/C19H25BrN4O.HI/c1-21-19(22-10-8-18-3-2-12-25-18)23-13-15-9-11-24(14-15)17-6-4-16(20)5-7-17;/h2-7,12,15H,8-11,13-14H2,1H3,(H2,21,22,23);1H.